The molecule has 0 fully saturated rings. The Morgan fingerprint density at radius 2 is 2.21 bits per heavy atom. The highest BCUT2D eigenvalue weighted by molar-refractivity contribution is 7.12. The van der Waals surface area contributed by atoms with Crippen molar-refractivity contribution < 1.29 is 0 Å². The maximum Gasteiger partial charge on any atom is 0.0453 e. The molecule has 1 aromatic carbocycles. The summed E-state index contributed by atoms with van der Waals surface area (Å²) in [5, 5.41) is 4.26. The fourth-order valence-corrected chi connectivity index (χ4v) is 4.35. The Hall–Kier alpha value is -0.830. The van der Waals surface area contributed by atoms with Crippen LogP contribution in [0.2, 0.25) is 5.02 Å². The van der Waals surface area contributed by atoms with E-state index in [-0.39, 0.29) is 0 Å². The van der Waals surface area contributed by atoms with E-state index in [1.165, 1.54) is 29.7 Å². The van der Waals surface area contributed by atoms with Crippen molar-refractivity contribution in [3.8, 4) is 0 Å². The van der Waals surface area contributed by atoms with Gasteiger partial charge in [0.2, 0.25) is 0 Å². The summed E-state index contributed by atoms with van der Waals surface area (Å²) < 4.78 is 0. The van der Waals surface area contributed by atoms with Crippen LogP contribution in [0.3, 0.4) is 0 Å². The lowest BCUT2D eigenvalue weighted by Gasteiger charge is -2.15. The number of thiophene rings is 1. The van der Waals surface area contributed by atoms with Crippen molar-refractivity contribution in [2.75, 3.05) is 7.05 Å². The fourth-order valence-electron chi connectivity index (χ4n) is 2.77. The van der Waals surface area contributed by atoms with Crippen LogP contribution in [-0.2, 0) is 19.3 Å². The molecule has 1 aliphatic rings. The van der Waals surface area contributed by atoms with E-state index in [9.17, 15) is 0 Å². The van der Waals surface area contributed by atoms with Crippen molar-refractivity contribution >= 4 is 22.9 Å². The van der Waals surface area contributed by atoms with Gasteiger partial charge in [0.1, 0.15) is 0 Å². The first-order valence-corrected chi connectivity index (χ1v) is 7.99. The molecule has 3 rings (SSSR count). The van der Waals surface area contributed by atoms with Gasteiger partial charge in [-0.15, -0.1) is 11.3 Å². The Morgan fingerprint density at radius 3 is 2.95 bits per heavy atom. The van der Waals surface area contributed by atoms with Crippen LogP contribution in [0.4, 0.5) is 0 Å². The average Bonchev–Trinajstić information content (AvgIpc) is 2.96. The number of nitrogens with one attached hydrogen (secondary N) is 1. The molecule has 0 aliphatic heterocycles. The zero-order valence-corrected chi connectivity index (χ0v) is 12.7. The standard InChI is InChI=1S/C16H18ClNS/c1-18-14(9-11-4-2-6-13(17)8-11)16-10-12-5-3-7-15(12)19-16/h2,4,6,8,10,14,18H,3,5,7,9H2,1H3. The lowest BCUT2D eigenvalue weighted by atomic mass is 10.0. The Balaban J connectivity index is 1.80. The zero-order chi connectivity index (χ0) is 13.2. The molecule has 19 heavy (non-hydrogen) atoms. The van der Waals surface area contributed by atoms with Gasteiger partial charge in [-0.25, -0.2) is 0 Å². The van der Waals surface area contributed by atoms with E-state index in [0.29, 0.717) is 6.04 Å². The van der Waals surface area contributed by atoms with Crippen molar-refractivity contribution in [2.45, 2.75) is 31.7 Å². The van der Waals surface area contributed by atoms with E-state index in [4.69, 9.17) is 11.6 Å². The molecule has 0 saturated carbocycles. The van der Waals surface area contributed by atoms with E-state index >= 15 is 0 Å². The van der Waals surface area contributed by atoms with Crippen molar-refractivity contribution in [3.05, 3.63) is 56.2 Å². The summed E-state index contributed by atoms with van der Waals surface area (Å²) >= 11 is 8.04. The molecule has 1 heterocycles. The summed E-state index contributed by atoms with van der Waals surface area (Å²) in [6.45, 7) is 0. The number of rotatable bonds is 4. The van der Waals surface area contributed by atoms with Crippen LogP contribution in [-0.4, -0.2) is 7.05 Å². The molecule has 1 unspecified atom stereocenters. The molecule has 0 amide bonds. The van der Waals surface area contributed by atoms with Gasteiger partial charge in [0.05, 0.1) is 0 Å². The summed E-state index contributed by atoms with van der Waals surface area (Å²) in [5.41, 5.74) is 2.87. The maximum absolute atomic E-state index is 6.06. The van der Waals surface area contributed by atoms with E-state index in [2.05, 4.69) is 23.5 Å². The second kappa shape index (κ2) is 5.66. The average molecular weight is 292 g/mol. The number of fused-ring (bicyclic) bond motifs is 1. The van der Waals surface area contributed by atoms with Gasteiger partial charge in [0.25, 0.3) is 0 Å². The van der Waals surface area contributed by atoms with Crippen molar-refractivity contribution in [2.24, 2.45) is 0 Å². The van der Waals surface area contributed by atoms with Gasteiger partial charge in [-0.3, -0.25) is 0 Å². The predicted molar refractivity (Wildman–Crippen MR) is 83.3 cm³/mol. The molecular formula is C16H18ClNS. The molecule has 0 radical (unpaired) electrons. The van der Waals surface area contributed by atoms with Crippen LogP contribution in [0, 0.1) is 0 Å². The maximum atomic E-state index is 6.06. The van der Waals surface area contributed by atoms with Gasteiger partial charge < -0.3 is 5.32 Å². The monoisotopic (exact) mass is 291 g/mol. The summed E-state index contributed by atoms with van der Waals surface area (Å²) in [6.07, 6.45) is 4.86. The zero-order valence-electron chi connectivity index (χ0n) is 11.1. The highest BCUT2D eigenvalue weighted by atomic mass is 35.5. The van der Waals surface area contributed by atoms with Crippen LogP contribution >= 0.6 is 22.9 Å². The van der Waals surface area contributed by atoms with Gasteiger partial charge in [0.15, 0.2) is 0 Å². The van der Waals surface area contributed by atoms with Crippen LogP contribution in [0.15, 0.2) is 30.3 Å². The third-order valence-electron chi connectivity index (χ3n) is 3.79. The highest BCUT2D eigenvalue weighted by Gasteiger charge is 2.19. The van der Waals surface area contributed by atoms with E-state index < -0.39 is 0 Å². The first-order chi connectivity index (χ1) is 9.26. The lowest BCUT2D eigenvalue weighted by Crippen LogP contribution is -2.17. The van der Waals surface area contributed by atoms with Gasteiger partial charge in [-0.05, 0) is 62.1 Å². The van der Waals surface area contributed by atoms with Gasteiger partial charge in [0, 0.05) is 20.8 Å². The number of likely N-dealkylation sites (N-methyl/N-ethyl adjacent to an activating group) is 1. The molecule has 0 saturated heterocycles. The summed E-state index contributed by atoms with van der Waals surface area (Å²) in [4.78, 5) is 3.06. The predicted octanol–water partition coefficient (Wildman–Crippen LogP) is 4.39. The number of hydrogen-bond acceptors (Lipinski definition) is 2. The van der Waals surface area contributed by atoms with Crippen LogP contribution < -0.4 is 5.32 Å². The first kappa shape index (κ1) is 13.2. The van der Waals surface area contributed by atoms with Gasteiger partial charge >= 0.3 is 0 Å². The molecule has 1 atom stereocenters. The van der Waals surface area contributed by atoms with Crippen molar-refractivity contribution in [3.63, 3.8) is 0 Å². The van der Waals surface area contributed by atoms with E-state index in [1.807, 2.05) is 30.5 Å². The normalized spacial score (nSPS) is 15.5. The van der Waals surface area contributed by atoms with Gasteiger partial charge in [-0.1, -0.05) is 23.7 Å². The minimum atomic E-state index is 0.397. The van der Waals surface area contributed by atoms with Crippen LogP contribution in [0.25, 0.3) is 0 Å². The largest absolute Gasteiger partial charge is 0.312 e. The molecule has 2 aromatic rings. The number of hydrogen-bond donors (Lipinski definition) is 1. The number of aryl methyl sites for hydroxylation is 2. The topological polar surface area (TPSA) is 12.0 Å². The summed E-state index contributed by atoms with van der Waals surface area (Å²) in [5.74, 6) is 0. The molecule has 3 heteroatoms. The van der Waals surface area contributed by atoms with Gasteiger partial charge in [-0.2, -0.15) is 0 Å². The Kier molecular flexibility index (Phi) is 3.92. The Morgan fingerprint density at radius 1 is 1.32 bits per heavy atom. The number of halogens is 1. The van der Waals surface area contributed by atoms with E-state index in [0.717, 1.165) is 11.4 Å². The third-order valence-corrected chi connectivity index (χ3v) is 5.37. The first-order valence-electron chi connectivity index (χ1n) is 6.79. The second-order valence-electron chi connectivity index (χ2n) is 5.13. The van der Waals surface area contributed by atoms with Crippen LogP contribution in [0.1, 0.15) is 33.3 Å². The SMILES string of the molecule is CNC(Cc1cccc(Cl)c1)c1cc2c(s1)CCC2. The highest BCUT2D eigenvalue weighted by Crippen LogP contribution is 2.34. The minimum Gasteiger partial charge on any atom is -0.312 e. The second-order valence-corrected chi connectivity index (χ2v) is 6.73. The van der Waals surface area contributed by atoms with Crippen molar-refractivity contribution in [1.29, 1.82) is 0 Å². The smallest absolute Gasteiger partial charge is 0.0453 e. The molecule has 100 valence electrons. The summed E-state index contributed by atoms with van der Waals surface area (Å²) in [7, 11) is 2.04. The molecule has 1 aromatic heterocycles. The van der Waals surface area contributed by atoms with Crippen LogP contribution in [0.5, 0.6) is 0 Å². The molecule has 1 aliphatic carbocycles. The Bertz CT molecular complexity index is 554. The molecule has 1 nitrogen and oxygen atoms in total. The molecule has 0 spiro atoms. The minimum absolute atomic E-state index is 0.397. The summed E-state index contributed by atoms with van der Waals surface area (Å²) in [6, 6.07) is 11.0. The molecule has 0 bridgehead atoms. The fraction of sp³-hybridized carbons (Fsp3) is 0.375. The Labute approximate surface area is 123 Å². The lowest BCUT2D eigenvalue weighted by molar-refractivity contribution is 0.601. The quantitative estimate of drug-likeness (QED) is 0.881. The third kappa shape index (κ3) is 2.86. The molecule has 1 N–H and O–H groups in total. The number of benzene rings is 1. The van der Waals surface area contributed by atoms with Crippen molar-refractivity contribution in [1.82, 2.24) is 5.32 Å². The molecular weight excluding hydrogens is 274 g/mol. The van der Waals surface area contributed by atoms with E-state index in [1.54, 1.807) is 10.4 Å².